The highest BCUT2D eigenvalue weighted by atomic mass is 32.2. The van der Waals surface area contributed by atoms with Crippen LogP contribution in [0.25, 0.3) is 11.4 Å². The Morgan fingerprint density at radius 3 is 2.58 bits per heavy atom. The first kappa shape index (κ1) is 22.7. The summed E-state index contributed by atoms with van der Waals surface area (Å²) in [5.41, 5.74) is 2.73. The van der Waals surface area contributed by atoms with E-state index in [-0.39, 0.29) is 17.5 Å². The summed E-state index contributed by atoms with van der Waals surface area (Å²) >= 11 is 1.35. The number of hydrogen-bond acceptors (Lipinski definition) is 5. The fraction of sp³-hybridized carbons (Fsp3) is 0.200. The molecule has 0 aliphatic rings. The third-order valence-electron chi connectivity index (χ3n) is 5.14. The van der Waals surface area contributed by atoms with E-state index in [0.29, 0.717) is 30.6 Å². The molecule has 4 rings (SSSR count). The van der Waals surface area contributed by atoms with E-state index in [2.05, 4.69) is 15.2 Å². The van der Waals surface area contributed by atoms with E-state index in [0.717, 1.165) is 16.7 Å². The molecule has 8 heteroatoms. The number of hydrogen-bond donors (Lipinski definition) is 0. The van der Waals surface area contributed by atoms with Crippen molar-refractivity contribution in [2.45, 2.75) is 25.2 Å². The summed E-state index contributed by atoms with van der Waals surface area (Å²) in [5, 5.41) is 9.42. The van der Waals surface area contributed by atoms with E-state index < -0.39 is 0 Å². The molecule has 6 nitrogen and oxygen atoms in total. The first-order valence-electron chi connectivity index (χ1n) is 10.7. The molecular weight excluding hydrogens is 437 g/mol. The van der Waals surface area contributed by atoms with Gasteiger partial charge in [-0.1, -0.05) is 54.2 Å². The van der Waals surface area contributed by atoms with E-state index >= 15 is 0 Å². The van der Waals surface area contributed by atoms with Crippen LogP contribution in [-0.4, -0.2) is 42.9 Å². The van der Waals surface area contributed by atoms with Gasteiger partial charge in [-0.3, -0.25) is 14.3 Å². The van der Waals surface area contributed by atoms with Gasteiger partial charge in [-0.05, 0) is 42.3 Å². The highest BCUT2D eigenvalue weighted by molar-refractivity contribution is 7.99. The minimum atomic E-state index is -0.303. The van der Waals surface area contributed by atoms with Gasteiger partial charge in [-0.2, -0.15) is 0 Å². The van der Waals surface area contributed by atoms with Gasteiger partial charge >= 0.3 is 0 Å². The van der Waals surface area contributed by atoms with Gasteiger partial charge in [0, 0.05) is 31.0 Å². The number of nitrogens with zero attached hydrogens (tertiary/aromatic N) is 5. The highest BCUT2D eigenvalue weighted by Gasteiger charge is 2.18. The molecule has 4 aromatic rings. The molecule has 0 aliphatic carbocycles. The van der Waals surface area contributed by atoms with Crippen LogP contribution in [0.2, 0.25) is 0 Å². The number of halogens is 1. The van der Waals surface area contributed by atoms with Crippen molar-refractivity contribution in [2.75, 3.05) is 12.3 Å². The summed E-state index contributed by atoms with van der Waals surface area (Å²) in [6.45, 7) is 3.40. The molecule has 168 valence electrons. The molecule has 0 spiro atoms. The third kappa shape index (κ3) is 5.84. The lowest BCUT2D eigenvalue weighted by Crippen LogP contribution is -2.31. The molecule has 2 aromatic heterocycles. The number of carbonyl (C=O) groups is 1. The van der Waals surface area contributed by atoms with E-state index in [9.17, 15) is 9.18 Å². The van der Waals surface area contributed by atoms with E-state index in [1.165, 1.54) is 23.9 Å². The average molecular weight is 462 g/mol. The molecular formula is C25H24FN5OS. The zero-order valence-electron chi connectivity index (χ0n) is 18.3. The van der Waals surface area contributed by atoms with Crippen molar-refractivity contribution < 1.29 is 9.18 Å². The van der Waals surface area contributed by atoms with Crippen molar-refractivity contribution in [2.24, 2.45) is 0 Å². The Bertz CT molecular complexity index is 1200. The molecule has 0 unspecified atom stereocenters. The Kier molecular flexibility index (Phi) is 7.47. The Morgan fingerprint density at radius 1 is 1.03 bits per heavy atom. The van der Waals surface area contributed by atoms with E-state index in [1.807, 2.05) is 60.0 Å². The minimum absolute atomic E-state index is 0.0380. The zero-order valence-corrected chi connectivity index (χ0v) is 19.1. The van der Waals surface area contributed by atoms with E-state index in [1.54, 1.807) is 23.4 Å². The first-order valence-corrected chi connectivity index (χ1v) is 11.6. The Balaban J connectivity index is 1.52. The summed E-state index contributed by atoms with van der Waals surface area (Å²) in [4.78, 5) is 18.8. The van der Waals surface area contributed by atoms with Crippen molar-refractivity contribution in [1.82, 2.24) is 24.6 Å². The van der Waals surface area contributed by atoms with Crippen molar-refractivity contribution in [3.05, 3.63) is 96.1 Å². The fourth-order valence-corrected chi connectivity index (χ4v) is 4.30. The number of rotatable bonds is 9. The molecule has 1 amide bonds. The topological polar surface area (TPSA) is 63.9 Å². The lowest BCUT2D eigenvalue weighted by Gasteiger charge is -2.21. The van der Waals surface area contributed by atoms with Crippen LogP contribution in [0.1, 0.15) is 18.1 Å². The number of thioether (sulfide) groups is 1. The highest BCUT2D eigenvalue weighted by Crippen LogP contribution is 2.25. The Hall–Kier alpha value is -3.52. The maximum absolute atomic E-state index is 13.5. The Labute approximate surface area is 196 Å². The molecule has 0 saturated carbocycles. The summed E-state index contributed by atoms with van der Waals surface area (Å²) in [7, 11) is 0. The number of carbonyl (C=O) groups excluding carboxylic acids is 1. The lowest BCUT2D eigenvalue weighted by atomic mass is 10.2. The van der Waals surface area contributed by atoms with Gasteiger partial charge < -0.3 is 4.90 Å². The number of benzene rings is 2. The molecule has 0 bridgehead atoms. The lowest BCUT2D eigenvalue weighted by molar-refractivity contribution is -0.128. The van der Waals surface area contributed by atoms with Crippen molar-refractivity contribution in [3.63, 3.8) is 0 Å². The molecule has 0 radical (unpaired) electrons. The maximum atomic E-state index is 13.5. The number of pyridine rings is 1. The molecule has 0 aliphatic heterocycles. The van der Waals surface area contributed by atoms with Crippen LogP contribution in [0.4, 0.5) is 4.39 Å². The number of aromatic nitrogens is 4. The van der Waals surface area contributed by atoms with Crippen LogP contribution in [0, 0.1) is 5.82 Å². The van der Waals surface area contributed by atoms with Crippen molar-refractivity contribution in [3.8, 4) is 11.4 Å². The van der Waals surface area contributed by atoms with Crippen LogP contribution in [0.3, 0.4) is 0 Å². The van der Waals surface area contributed by atoms with Crippen LogP contribution in [0.5, 0.6) is 0 Å². The summed E-state index contributed by atoms with van der Waals surface area (Å²) in [5.74, 6) is 0.573. The van der Waals surface area contributed by atoms with Crippen LogP contribution in [0.15, 0.2) is 84.3 Å². The first-order chi connectivity index (χ1) is 16.1. The number of amides is 1. The van der Waals surface area contributed by atoms with Crippen LogP contribution < -0.4 is 0 Å². The predicted octanol–water partition coefficient (Wildman–Crippen LogP) is 4.67. The molecule has 0 N–H and O–H groups in total. The molecule has 2 aromatic carbocycles. The smallest absolute Gasteiger partial charge is 0.233 e. The largest absolute Gasteiger partial charge is 0.338 e. The standard InChI is InChI=1S/C25H24FN5OS/c1-2-30(16-20-10-6-12-22(26)14-20)23(32)18-33-25-29-28-24(21-11-7-13-27-15-21)31(25)17-19-8-4-3-5-9-19/h3-15H,2,16-18H2,1H3. The average Bonchev–Trinajstić information content (AvgIpc) is 3.24. The fourth-order valence-electron chi connectivity index (χ4n) is 3.46. The Morgan fingerprint density at radius 2 is 1.85 bits per heavy atom. The molecule has 0 saturated heterocycles. The molecule has 0 fully saturated rings. The van der Waals surface area contributed by atoms with Gasteiger partial charge in [0.15, 0.2) is 11.0 Å². The van der Waals surface area contributed by atoms with Crippen LogP contribution in [-0.2, 0) is 17.9 Å². The van der Waals surface area contributed by atoms with Gasteiger partial charge in [0.1, 0.15) is 5.82 Å². The molecule has 33 heavy (non-hydrogen) atoms. The second-order valence-corrected chi connectivity index (χ2v) is 8.39. The van der Waals surface area contributed by atoms with E-state index in [4.69, 9.17) is 0 Å². The van der Waals surface area contributed by atoms with Crippen molar-refractivity contribution >= 4 is 17.7 Å². The molecule has 2 heterocycles. The third-order valence-corrected chi connectivity index (χ3v) is 6.09. The van der Waals surface area contributed by atoms with Crippen LogP contribution >= 0.6 is 11.8 Å². The van der Waals surface area contributed by atoms with Gasteiger partial charge in [0.25, 0.3) is 0 Å². The SMILES string of the molecule is CCN(Cc1cccc(F)c1)C(=O)CSc1nnc(-c2cccnc2)n1Cc1ccccc1. The van der Waals surface area contributed by atoms with Gasteiger partial charge in [-0.25, -0.2) is 4.39 Å². The second kappa shape index (κ2) is 10.9. The summed E-state index contributed by atoms with van der Waals surface area (Å²) < 4.78 is 15.5. The van der Waals surface area contributed by atoms with Gasteiger partial charge in [-0.15, -0.1) is 10.2 Å². The van der Waals surface area contributed by atoms with Gasteiger partial charge in [0.2, 0.25) is 5.91 Å². The minimum Gasteiger partial charge on any atom is -0.338 e. The predicted molar refractivity (Wildman–Crippen MR) is 127 cm³/mol. The normalized spacial score (nSPS) is 10.8. The summed E-state index contributed by atoms with van der Waals surface area (Å²) in [6.07, 6.45) is 3.47. The monoisotopic (exact) mass is 461 g/mol. The maximum Gasteiger partial charge on any atom is 0.233 e. The second-order valence-electron chi connectivity index (χ2n) is 7.45. The van der Waals surface area contributed by atoms with Crippen molar-refractivity contribution in [1.29, 1.82) is 0 Å². The molecule has 0 atom stereocenters. The summed E-state index contributed by atoms with van der Waals surface area (Å²) in [6, 6.07) is 20.2. The quantitative estimate of drug-likeness (QED) is 0.339. The van der Waals surface area contributed by atoms with Gasteiger partial charge in [0.05, 0.1) is 12.3 Å². The zero-order chi connectivity index (χ0) is 23.0.